The molecule has 0 bridgehead atoms. The number of carbonyl (C=O) groups excluding carboxylic acids is 1. The van der Waals surface area contributed by atoms with E-state index in [1.54, 1.807) is 16.9 Å². The van der Waals surface area contributed by atoms with Gasteiger partial charge >= 0.3 is 5.97 Å². The first-order valence-corrected chi connectivity index (χ1v) is 9.86. The van der Waals surface area contributed by atoms with E-state index in [2.05, 4.69) is 17.2 Å². The molecule has 0 saturated heterocycles. The van der Waals surface area contributed by atoms with Gasteiger partial charge in [-0.3, -0.25) is 4.68 Å². The quantitative estimate of drug-likeness (QED) is 0.427. The van der Waals surface area contributed by atoms with E-state index < -0.39 is 5.97 Å². The normalized spacial score (nSPS) is 10.9. The minimum Gasteiger partial charge on any atom is -0.464 e. The van der Waals surface area contributed by atoms with Crippen LogP contribution in [0.15, 0.2) is 60.8 Å². The van der Waals surface area contributed by atoms with Gasteiger partial charge in [-0.2, -0.15) is 10.2 Å². The van der Waals surface area contributed by atoms with E-state index >= 15 is 0 Å². The van der Waals surface area contributed by atoms with Gasteiger partial charge < -0.3 is 4.74 Å². The third-order valence-electron chi connectivity index (χ3n) is 4.79. The van der Waals surface area contributed by atoms with E-state index in [1.807, 2.05) is 54.9 Å². The van der Waals surface area contributed by atoms with Crippen LogP contribution in [-0.4, -0.2) is 32.6 Å². The Kier molecular flexibility index (Phi) is 5.42. The summed E-state index contributed by atoms with van der Waals surface area (Å²) in [5.74, 6) is -0.480. The topological polar surface area (TPSA) is 61.9 Å². The molecule has 6 nitrogen and oxygen atoms in total. The highest BCUT2D eigenvalue weighted by Gasteiger charge is 2.20. The number of esters is 1. The van der Waals surface area contributed by atoms with Gasteiger partial charge in [0.15, 0.2) is 5.69 Å². The van der Waals surface area contributed by atoms with E-state index in [-0.39, 0.29) is 5.69 Å². The van der Waals surface area contributed by atoms with Gasteiger partial charge in [0.05, 0.1) is 17.8 Å². The van der Waals surface area contributed by atoms with Crippen molar-refractivity contribution in [2.45, 2.75) is 20.5 Å². The van der Waals surface area contributed by atoms with Gasteiger partial charge in [0.25, 0.3) is 0 Å². The maximum absolute atomic E-state index is 11.7. The number of ether oxygens (including phenoxy) is 1. The molecule has 0 fully saturated rings. The molecule has 0 atom stereocenters. The number of halogens is 1. The van der Waals surface area contributed by atoms with Crippen molar-refractivity contribution in [3.63, 3.8) is 0 Å². The van der Waals surface area contributed by atoms with Gasteiger partial charge in [-0.05, 0) is 32.0 Å². The molecule has 152 valence electrons. The first kappa shape index (κ1) is 19.9. The molecule has 30 heavy (non-hydrogen) atoms. The van der Waals surface area contributed by atoms with Crippen molar-refractivity contribution < 1.29 is 9.53 Å². The number of hydrogen-bond acceptors (Lipinski definition) is 4. The van der Waals surface area contributed by atoms with Crippen molar-refractivity contribution in [1.29, 1.82) is 0 Å². The lowest BCUT2D eigenvalue weighted by atomic mass is 10.1. The Labute approximate surface area is 179 Å². The summed E-state index contributed by atoms with van der Waals surface area (Å²) < 4.78 is 8.18. The lowest BCUT2D eigenvalue weighted by molar-refractivity contribution is 0.0593. The van der Waals surface area contributed by atoms with Crippen LogP contribution in [0.2, 0.25) is 5.02 Å². The Morgan fingerprint density at radius 2 is 1.67 bits per heavy atom. The molecule has 7 heteroatoms. The van der Waals surface area contributed by atoms with Crippen molar-refractivity contribution >= 4 is 17.6 Å². The van der Waals surface area contributed by atoms with E-state index in [0.717, 1.165) is 27.9 Å². The van der Waals surface area contributed by atoms with Crippen LogP contribution in [0.5, 0.6) is 0 Å². The maximum atomic E-state index is 11.7. The van der Waals surface area contributed by atoms with Crippen molar-refractivity contribution in [2.24, 2.45) is 0 Å². The zero-order chi connectivity index (χ0) is 21.3. The Morgan fingerprint density at radius 1 is 1.00 bits per heavy atom. The Bertz CT molecular complexity index is 1230. The predicted molar refractivity (Wildman–Crippen MR) is 117 cm³/mol. The zero-order valence-electron chi connectivity index (χ0n) is 17.0. The van der Waals surface area contributed by atoms with E-state index in [1.165, 1.54) is 7.11 Å². The molecule has 0 saturated carbocycles. The zero-order valence-corrected chi connectivity index (χ0v) is 17.7. The summed E-state index contributed by atoms with van der Waals surface area (Å²) in [6.07, 6.45) is 1.72. The molecule has 2 aromatic carbocycles. The van der Waals surface area contributed by atoms with Crippen LogP contribution < -0.4 is 0 Å². The fourth-order valence-electron chi connectivity index (χ4n) is 3.38. The Hall–Kier alpha value is -3.38. The minimum atomic E-state index is -0.480. The van der Waals surface area contributed by atoms with Gasteiger partial charge in [0, 0.05) is 17.3 Å². The predicted octanol–water partition coefficient (Wildman–Crippen LogP) is 4.98. The van der Waals surface area contributed by atoms with Crippen molar-refractivity contribution in [3.05, 3.63) is 82.6 Å². The fraction of sp³-hybridized carbons (Fsp3) is 0.174. The molecule has 0 N–H and O–H groups in total. The molecular weight excluding hydrogens is 400 g/mol. The van der Waals surface area contributed by atoms with Crippen molar-refractivity contribution in [3.8, 4) is 22.5 Å². The standard InChI is InChI=1S/C23H21ClN4O2/c1-15-6-4-8-17(12-15)21-20(24)22(18-9-5-7-16(2)13-18)28(26-21)14-27-11-10-19(25-27)23(29)30-3/h4-13H,14H2,1-3H3. The highest BCUT2D eigenvalue weighted by molar-refractivity contribution is 6.35. The second-order valence-corrected chi connectivity index (χ2v) is 7.50. The van der Waals surface area contributed by atoms with Crippen LogP contribution >= 0.6 is 11.6 Å². The Morgan fingerprint density at radius 3 is 2.33 bits per heavy atom. The van der Waals surface area contributed by atoms with E-state index in [9.17, 15) is 4.79 Å². The van der Waals surface area contributed by atoms with Gasteiger partial charge in [-0.25, -0.2) is 9.48 Å². The lowest BCUT2D eigenvalue weighted by Crippen LogP contribution is -2.13. The van der Waals surface area contributed by atoms with Crippen molar-refractivity contribution in [2.75, 3.05) is 7.11 Å². The summed E-state index contributed by atoms with van der Waals surface area (Å²) in [6.45, 7) is 4.37. The van der Waals surface area contributed by atoms with E-state index in [0.29, 0.717) is 17.4 Å². The van der Waals surface area contributed by atoms with Gasteiger partial charge in [-0.15, -0.1) is 0 Å². The maximum Gasteiger partial charge on any atom is 0.358 e. The molecule has 0 spiro atoms. The molecule has 0 radical (unpaired) electrons. The lowest BCUT2D eigenvalue weighted by Gasteiger charge is -2.09. The second-order valence-electron chi connectivity index (χ2n) is 7.12. The minimum absolute atomic E-state index is 0.242. The van der Waals surface area contributed by atoms with Crippen LogP contribution in [0.25, 0.3) is 22.5 Å². The summed E-state index contributed by atoms with van der Waals surface area (Å²) in [5, 5.41) is 9.67. The van der Waals surface area contributed by atoms with E-state index in [4.69, 9.17) is 21.4 Å². The van der Waals surface area contributed by atoms with Gasteiger partial charge in [-0.1, -0.05) is 59.1 Å². The number of carbonyl (C=O) groups is 1. The largest absolute Gasteiger partial charge is 0.464 e. The summed E-state index contributed by atoms with van der Waals surface area (Å²) in [6, 6.07) is 17.8. The van der Waals surface area contributed by atoms with Crippen LogP contribution in [0.1, 0.15) is 21.6 Å². The molecule has 2 heterocycles. The third kappa shape index (κ3) is 3.86. The average Bonchev–Trinajstić information content (AvgIpc) is 3.32. The molecule has 0 aliphatic carbocycles. The van der Waals surface area contributed by atoms with Crippen LogP contribution in [0.4, 0.5) is 0 Å². The number of methoxy groups -OCH3 is 1. The van der Waals surface area contributed by atoms with Gasteiger partial charge in [0.2, 0.25) is 0 Å². The van der Waals surface area contributed by atoms with Crippen LogP contribution in [-0.2, 0) is 11.4 Å². The smallest absolute Gasteiger partial charge is 0.358 e. The number of benzene rings is 2. The van der Waals surface area contributed by atoms with Crippen molar-refractivity contribution in [1.82, 2.24) is 19.6 Å². The Balaban J connectivity index is 1.83. The number of rotatable bonds is 5. The van der Waals surface area contributed by atoms with Gasteiger partial charge in [0.1, 0.15) is 12.4 Å². The summed E-state index contributed by atoms with van der Waals surface area (Å²) in [7, 11) is 1.33. The second kappa shape index (κ2) is 8.16. The monoisotopic (exact) mass is 420 g/mol. The van der Waals surface area contributed by atoms with Crippen LogP contribution in [0, 0.1) is 13.8 Å². The first-order valence-electron chi connectivity index (χ1n) is 9.48. The number of aryl methyl sites for hydroxylation is 2. The fourth-order valence-corrected chi connectivity index (χ4v) is 3.73. The number of nitrogens with zero attached hydrogens (tertiary/aromatic N) is 4. The summed E-state index contributed by atoms with van der Waals surface area (Å²) in [5.41, 5.74) is 5.91. The molecule has 2 aromatic heterocycles. The van der Waals surface area contributed by atoms with Crippen LogP contribution in [0.3, 0.4) is 0 Å². The molecule has 4 aromatic rings. The highest BCUT2D eigenvalue weighted by atomic mass is 35.5. The summed E-state index contributed by atoms with van der Waals surface area (Å²) >= 11 is 6.86. The molecule has 4 rings (SSSR count). The number of hydrogen-bond donors (Lipinski definition) is 0. The molecule has 0 amide bonds. The number of aromatic nitrogens is 4. The third-order valence-corrected chi connectivity index (χ3v) is 5.15. The molecule has 0 aliphatic rings. The molecule has 0 aliphatic heterocycles. The summed E-state index contributed by atoms with van der Waals surface area (Å²) in [4.78, 5) is 11.7. The average molecular weight is 421 g/mol. The highest BCUT2D eigenvalue weighted by Crippen LogP contribution is 2.37. The SMILES string of the molecule is COC(=O)c1ccn(Cn2nc(-c3cccc(C)c3)c(Cl)c2-c2cccc(C)c2)n1. The molecule has 0 unspecified atom stereocenters. The molecular formula is C23H21ClN4O2. The first-order chi connectivity index (χ1) is 14.5.